The van der Waals surface area contributed by atoms with E-state index < -0.39 is 0 Å². The third-order valence-corrected chi connectivity index (χ3v) is 2.43. The zero-order chi connectivity index (χ0) is 11.3. The van der Waals surface area contributed by atoms with Crippen LogP contribution < -0.4 is 5.73 Å². The Kier molecular flexibility index (Phi) is 4.99. The quantitative estimate of drug-likeness (QED) is 0.742. The molecule has 1 unspecified atom stereocenters. The summed E-state index contributed by atoms with van der Waals surface area (Å²) in [4.78, 5) is 2.35. The second-order valence-electron chi connectivity index (χ2n) is 4.99. The Balaban J connectivity index is 2.15. The smallest absolute Gasteiger partial charge is 0.0824 e. The van der Waals surface area contributed by atoms with Gasteiger partial charge in [-0.15, -0.1) is 0 Å². The molecule has 4 heteroatoms. The third kappa shape index (κ3) is 5.47. The molecule has 4 nitrogen and oxygen atoms in total. The van der Waals surface area contributed by atoms with E-state index >= 15 is 0 Å². The maximum atomic E-state index is 5.69. The molecule has 0 aromatic rings. The highest BCUT2D eigenvalue weighted by molar-refractivity contribution is 4.72. The molecular weight excluding hydrogens is 192 g/mol. The van der Waals surface area contributed by atoms with E-state index in [2.05, 4.69) is 25.7 Å². The summed E-state index contributed by atoms with van der Waals surface area (Å²) in [5, 5.41) is 0. The molecule has 0 saturated carbocycles. The molecule has 1 rings (SSSR count). The second-order valence-corrected chi connectivity index (χ2v) is 4.99. The van der Waals surface area contributed by atoms with Gasteiger partial charge in [0.15, 0.2) is 0 Å². The highest BCUT2D eigenvalue weighted by atomic mass is 16.5. The highest BCUT2D eigenvalue weighted by Gasteiger charge is 2.19. The van der Waals surface area contributed by atoms with Crippen LogP contribution in [-0.2, 0) is 9.47 Å². The van der Waals surface area contributed by atoms with Crippen molar-refractivity contribution in [3.63, 3.8) is 0 Å². The summed E-state index contributed by atoms with van der Waals surface area (Å²) in [6, 6.07) is 0. The summed E-state index contributed by atoms with van der Waals surface area (Å²) in [5.74, 6) is 0. The molecule has 0 aliphatic carbocycles. The molecule has 0 aromatic carbocycles. The van der Waals surface area contributed by atoms with Crippen LogP contribution in [-0.4, -0.2) is 56.0 Å². The predicted octanol–water partition coefficient (Wildman–Crippen LogP) is 0.461. The number of hydrogen-bond donors (Lipinski definition) is 1. The van der Waals surface area contributed by atoms with Crippen molar-refractivity contribution in [1.29, 1.82) is 0 Å². The SMILES string of the molecule is CC(C)(C)OCCN1CCOC(CN)C1. The number of morpholine rings is 1. The van der Waals surface area contributed by atoms with Gasteiger partial charge in [-0.25, -0.2) is 0 Å². The molecule has 2 N–H and O–H groups in total. The van der Waals surface area contributed by atoms with Crippen molar-refractivity contribution in [2.45, 2.75) is 32.5 Å². The van der Waals surface area contributed by atoms with Gasteiger partial charge in [0.25, 0.3) is 0 Å². The number of ether oxygens (including phenoxy) is 2. The van der Waals surface area contributed by atoms with Gasteiger partial charge in [-0.3, -0.25) is 4.90 Å². The van der Waals surface area contributed by atoms with Crippen LogP contribution in [0.25, 0.3) is 0 Å². The van der Waals surface area contributed by atoms with E-state index in [1.54, 1.807) is 0 Å². The lowest BCUT2D eigenvalue weighted by Gasteiger charge is -2.32. The summed E-state index contributed by atoms with van der Waals surface area (Å²) in [6.07, 6.45) is 0.202. The van der Waals surface area contributed by atoms with Crippen molar-refractivity contribution in [2.24, 2.45) is 5.73 Å². The fourth-order valence-corrected chi connectivity index (χ4v) is 1.61. The average Bonchev–Trinajstić information content (AvgIpc) is 2.16. The van der Waals surface area contributed by atoms with E-state index in [1.807, 2.05) is 0 Å². The molecule has 1 atom stereocenters. The van der Waals surface area contributed by atoms with Crippen LogP contribution in [0.15, 0.2) is 0 Å². The molecule has 15 heavy (non-hydrogen) atoms. The van der Waals surface area contributed by atoms with E-state index in [0.29, 0.717) is 6.54 Å². The first-order chi connectivity index (χ1) is 7.01. The van der Waals surface area contributed by atoms with E-state index in [1.165, 1.54) is 0 Å². The van der Waals surface area contributed by atoms with Crippen molar-refractivity contribution in [2.75, 3.05) is 39.4 Å². The predicted molar refractivity (Wildman–Crippen MR) is 60.9 cm³/mol. The largest absolute Gasteiger partial charge is 0.375 e. The van der Waals surface area contributed by atoms with Crippen LogP contribution in [0.4, 0.5) is 0 Å². The first kappa shape index (κ1) is 12.9. The van der Waals surface area contributed by atoms with Gasteiger partial charge >= 0.3 is 0 Å². The summed E-state index contributed by atoms with van der Waals surface area (Å²) in [5.41, 5.74) is 5.54. The lowest BCUT2D eigenvalue weighted by Crippen LogP contribution is -2.46. The van der Waals surface area contributed by atoms with Crippen LogP contribution in [0.3, 0.4) is 0 Å². The minimum Gasteiger partial charge on any atom is -0.375 e. The lowest BCUT2D eigenvalue weighted by atomic mass is 10.2. The van der Waals surface area contributed by atoms with Crippen molar-refractivity contribution in [3.05, 3.63) is 0 Å². The molecular formula is C11H24N2O2. The van der Waals surface area contributed by atoms with Crippen LogP contribution in [0, 0.1) is 0 Å². The number of nitrogens with two attached hydrogens (primary N) is 1. The van der Waals surface area contributed by atoms with Gasteiger partial charge in [-0.2, -0.15) is 0 Å². The van der Waals surface area contributed by atoms with Gasteiger partial charge in [0.1, 0.15) is 0 Å². The Hall–Kier alpha value is -0.160. The summed E-state index contributed by atoms with van der Waals surface area (Å²) in [7, 11) is 0. The van der Waals surface area contributed by atoms with E-state index in [0.717, 1.165) is 32.8 Å². The second kappa shape index (κ2) is 5.80. The van der Waals surface area contributed by atoms with Gasteiger partial charge in [-0.05, 0) is 20.8 Å². The summed E-state index contributed by atoms with van der Waals surface area (Å²) < 4.78 is 11.2. The number of hydrogen-bond acceptors (Lipinski definition) is 4. The fraction of sp³-hybridized carbons (Fsp3) is 1.00. The van der Waals surface area contributed by atoms with Gasteiger partial charge < -0.3 is 15.2 Å². The van der Waals surface area contributed by atoms with E-state index in [-0.39, 0.29) is 11.7 Å². The van der Waals surface area contributed by atoms with Crippen LogP contribution in [0.5, 0.6) is 0 Å². The Morgan fingerprint density at radius 2 is 2.20 bits per heavy atom. The molecule has 1 saturated heterocycles. The Labute approximate surface area is 92.7 Å². The minimum absolute atomic E-state index is 0.0421. The molecule has 1 fully saturated rings. The standard InChI is InChI=1S/C11H24N2O2/c1-11(2,3)15-7-5-13-4-6-14-10(8-12)9-13/h10H,4-9,12H2,1-3H3. The maximum Gasteiger partial charge on any atom is 0.0824 e. The van der Waals surface area contributed by atoms with E-state index in [4.69, 9.17) is 15.2 Å². The normalized spacial score (nSPS) is 24.4. The van der Waals surface area contributed by atoms with Crippen molar-refractivity contribution in [3.8, 4) is 0 Å². The molecule has 0 radical (unpaired) electrons. The van der Waals surface area contributed by atoms with Crippen LogP contribution >= 0.6 is 0 Å². The number of nitrogens with zero attached hydrogens (tertiary/aromatic N) is 1. The molecule has 0 bridgehead atoms. The minimum atomic E-state index is -0.0421. The van der Waals surface area contributed by atoms with Gasteiger partial charge in [0.05, 0.1) is 24.9 Å². The lowest BCUT2D eigenvalue weighted by molar-refractivity contribution is -0.0506. The monoisotopic (exact) mass is 216 g/mol. The maximum absolute atomic E-state index is 5.69. The molecule has 0 amide bonds. The summed E-state index contributed by atoms with van der Waals surface area (Å²) >= 11 is 0. The van der Waals surface area contributed by atoms with Crippen molar-refractivity contribution < 1.29 is 9.47 Å². The topological polar surface area (TPSA) is 47.7 Å². The Morgan fingerprint density at radius 1 is 1.47 bits per heavy atom. The van der Waals surface area contributed by atoms with Gasteiger partial charge in [-0.1, -0.05) is 0 Å². The zero-order valence-electron chi connectivity index (χ0n) is 10.2. The Morgan fingerprint density at radius 3 is 2.80 bits per heavy atom. The molecule has 1 heterocycles. The van der Waals surface area contributed by atoms with Crippen molar-refractivity contribution >= 4 is 0 Å². The van der Waals surface area contributed by atoms with Crippen molar-refractivity contribution in [1.82, 2.24) is 4.90 Å². The first-order valence-electron chi connectivity index (χ1n) is 5.69. The van der Waals surface area contributed by atoms with E-state index in [9.17, 15) is 0 Å². The zero-order valence-corrected chi connectivity index (χ0v) is 10.2. The van der Waals surface area contributed by atoms with Crippen LogP contribution in [0.2, 0.25) is 0 Å². The van der Waals surface area contributed by atoms with Gasteiger partial charge in [0.2, 0.25) is 0 Å². The molecule has 1 aliphatic rings. The van der Waals surface area contributed by atoms with Gasteiger partial charge in [0, 0.05) is 26.2 Å². The molecule has 90 valence electrons. The Bertz CT molecular complexity index is 180. The molecule has 1 aliphatic heterocycles. The average molecular weight is 216 g/mol. The fourth-order valence-electron chi connectivity index (χ4n) is 1.61. The molecule has 0 aromatic heterocycles. The number of rotatable bonds is 4. The highest BCUT2D eigenvalue weighted by Crippen LogP contribution is 2.08. The first-order valence-corrected chi connectivity index (χ1v) is 5.69. The summed E-state index contributed by atoms with van der Waals surface area (Å²) in [6.45, 7) is 11.3. The molecule has 0 spiro atoms. The van der Waals surface area contributed by atoms with Crippen LogP contribution in [0.1, 0.15) is 20.8 Å². The third-order valence-electron chi connectivity index (χ3n) is 2.43.